The highest BCUT2D eigenvalue weighted by molar-refractivity contribution is 7.92. The van der Waals surface area contributed by atoms with Gasteiger partial charge in [-0.15, -0.1) is 0 Å². The molecule has 204 valence electrons. The van der Waals surface area contributed by atoms with E-state index in [1.165, 1.54) is 17.3 Å². The quantitative estimate of drug-likeness (QED) is 0.264. The second-order valence-electron chi connectivity index (χ2n) is 9.32. The van der Waals surface area contributed by atoms with E-state index in [0.29, 0.717) is 21.3 Å². The van der Waals surface area contributed by atoms with Crippen molar-refractivity contribution in [3.8, 4) is 0 Å². The Morgan fingerprint density at radius 3 is 1.95 bits per heavy atom. The zero-order valence-corrected chi connectivity index (χ0v) is 23.8. The van der Waals surface area contributed by atoms with Gasteiger partial charge in [0.1, 0.15) is 6.04 Å². The molecule has 0 radical (unpaired) electrons. The molecule has 1 atom stereocenters. The van der Waals surface area contributed by atoms with E-state index >= 15 is 0 Å². The summed E-state index contributed by atoms with van der Waals surface area (Å²) < 4.78 is 29.0. The number of nitrogens with one attached hydrogen (secondary N) is 1. The Bertz CT molecular complexity index is 1550. The number of amides is 2. The molecule has 4 rings (SSSR count). The minimum absolute atomic E-state index is 0.198. The number of halogens is 2. The van der Waals surface area contributed by atoms with Gasteiger partial charge in [-0.05, 0) is 78.7 Å². The van der Waals surface area contributed by atoms with Crippen molar-refractivity contribution >= 4 is 56.4 Å². The van der Waals surface area contributed by atoms with Crippen LogP contribution in [0, 0.1) is 6.92 Å². The topological polar surface area (TPSA) is 114 Å². The van der Waals surface area contributed by atoms with Crippen molar-refractivity contribution in [1.82, 2.24) is 9.88 Å². The molecule has 39 heavy (non-hydrogen) atoms. The molecule has 0 aliphatic carbocycles. The van der Waals surface area contributed by atoms with Gasteiger partial charge in [0.05, 0.1) is 18.0 Å². The number of nitrogens with zero attached hydrogens (tertiary/aromatic N) is 2. The summed E-state index contributed by atoms with van der Waals surface area (Å²) in [7, 11) is -3.80. The number of aromatic nitrogens is 1. The minimum atomic E-state index is -3.80. The smallest absolute Gasteiger partial charge is 0.252 e. The van der Waals surface area contributed by atoms with E-state index in [1.807, 2.05) is 28.8 Å². The zero-order valence-electron chi connectivity index (χ0n) is 21.4. The molecule has 1 aromatic heterocycles. The number of carbonyl (C=O) groups is 2. The van der Waals surface area contributed by atoms with Gasteiger partial charge in [0.25, 0.3) is 5.91 Å². The van der Waals surface area contributed by atoms with Crippen molar-refractivity contribution < 1.29 is 18.0 Å². The highest BCUT2D eigenvalue weighted by Gasteiger charge is 2.24. The van der Waals surface area contributed by atoms with E-state index in [4.69, 9.17) is 28.9 Å². The molecule has 0 unspecified atom stereocenters. The summed E-state index contributed by atoms with van der Waals surface area (Å²) in [5, 5.41) is 3.72. The molecule has 0 saturated heterocycles. The number of carbonyl (C=O) groups excluding carboxylic acids is 2. The van der Waals surface area contributed by atoms with Crippen LogP contribution in [0.25, 0.3) is 0 Å². The maximum atomic E-state index is 13.0. The van der Waals surface area contributed by atoms with Crippen molar-refractivity contribution in [2.45, 2.75) is 25.9 Å². The van der Waals surface area contributed by atoms with E-state index in [1.54, 1.807) is 55.7 Å². The highest BCUT2D eigenvalue weighted by atomic mass is 35.5. The first kappa shape index (κ1) is 28.4. The lowest BCUT2D eigenvalue weighted by Crippen LogP contribution is -2.42. The second-order valence-corrected chi connectivity index (χ2v) is 12.0. The Morgan fingerprint density at radius 1 is 0.974 bits per heavy atom. The summed E-state index contributed by atoms with van der Waals surface area (Å²) in [6, 6.07) is 18.4. The SMILES string of the molecule is Cc1cc(C(=O)N[C@@H](C)C(N)=O)cc(N(c2cn(C(c3ccc(Cl)cc3)c3ccc(Cl)cc3)[cH-]2)S(C)(=O)=O)c1. The third kappa shape index (κ3) is 6.50. The first-order chi connectivity index (χ1) is 18.3. The Kier molecular flexibility index (Phi) is 8.15. The van der Waals surface area contributed by atoms with Crippen molar-refractivity contribution in [3.63, 3.8) is 0 Å². The van der Waals surface area contributed by atoms with E-state index in [9.17, 15) is 18.0 Å². The number of benzene rings is 3. The third-order valence-electron chi connectivity index (χ3n) is 6.13. The van der Waals surface area contributed by atoms with Gasteiger partial charge >= 0.3 is 0 Å². The fourth-order valence-electron chi connectivity index (χ4n) is 4.27. The fraction of sp³-hybridized carbons (Fsp3) is 0.179. The van der Waals surface area contributed by atoms with Crippen LogP contribution in [0.4, 0.5) is 11.4 Å². The Hall–Kier alpha value is -3.66. The zero-order chi connectivity index (χ0) is 28.5. The van der Waals surface area contributed by atoms with Crippen LogP contribution < -0.4 is 15.4 Å². The van der Waals surface area contributed by atoms with Gasteiger partial charge in [0, 0.05) is 15.6 Å². The first-order valence-corrected chi connectivity index (χ1v) is 14.5. The molecular weight excluding hydrogens is 559 g/mol. The molecule has 4 aromatic rings. The van der Waals surface area contributed by atoms with E-state index in [-0.39, 0.29) is 17.3 Å². The molecule has 3 aromatic carbocycles. The predicted octanol–water partition coefficient (Wildman–Crippen LogP) is 5.16. The van der Waals surface area contributed by atoms with Crippen LogP contribution in [-0.4, -0.2) is 37.1 Å². The molecule has 0 aliphatic rings. The van der Waals surface area contributed by atoms with E-state index in [2.05, 4.69) is 5.32 Å². The van der Waals surface area contributed by atoms with Crippen LogP contribution in [0.1, 0.15) is 40.0 Å². The van der Waals surface area contributed by atoms with Crippen molar-refractivity contribution in [2.75, 3.05) is 10.6 Å². The third-order valence-corrected chi connectivity index (χ3v) is 7.72. The molecule has 1 heterocycles. The predicted molar refractivity (Wildman–Crippen MR) is 154 cm³/mol. The van der Waals surface area contributed by atoms with Crippen LogP contribution in [0.2, 0.25) is 10.0 Å². The van der Waals surface area contributed by atoms with Crippen LogP contribution in [0.5, 0.6) is 0 Å². The molecule has 0 bridgehead atoms. The van der Waals surface area contributed by atoms with Crippen LogP contribution in [-0.2, 0) is 14.8 Å². The van der Waals surface area contributed by atoms with Crippen LogP contribution in [0.15, 0.2) is 79.1 Å². The lowest BCUT2D eigenvalue weighted by molar-refractivity contribution is -0.119. The van der Waals surface area contributed by atoms with Crippen molar-refractivity contribution in [2.24, 2.45) is 5.73 Å². The van der Waals surface area contributed by atoms with Gasteiger partial charge in [-0.2, -0.15) is 0 Å². The monoisotopic (exact) mass is 585 g/mol. The largest absolute Gasteiger partial charge is 0.445 e. The Labute approximate surface area is 237 Å². The fourth-order valence-corrected chi connectivity index (χ4v) is 5.49. The molecule has 8 nitrogen and oxygen atoms in total. The molecular formula is C28H27Cl2N4O4S-. The Morgan fingerprint density at radius 2 is 1.49 bits per heavy atom. The average molecular weight is 587 g/mol. The number of rotatable bonds is 9. The minimum Gasteiger partial charge on any atom is -0.445 e. The summed E-state index contributed by atoms with van der Waals surface area (Å²) in [5.41, 5.74) is 8.70. The summed E-state index contributed by atoms with van der Waals surface area (Å²) in [6.07, 6.45) is 4.55. The second kappa shape index (κ2) is 11.2. The van der Waals surface area contributed by atoms with Crippen LogP contribution in [0.3, 0.4) is 0 Å². The standard InChI is InChI=1S/C28H27Cl2N4O4S/c1-17-12-21(28(36)32-18(2)27(31)35)14-24(13-17)34(39(3,37)38)25-15-33(16-25)26(19-4-8-22(29)9-5-19)20-6-10-23(30)11-7-20/h4-16,18,26H,1-3H3,(H2,31,35)(H,32,36)/q-1/t18-/m0/s1. The van der Waals surface area contributed by atoms with E-state index in [0.717, 1.165) is 17.4 Å². The van der Waals surface area contributed by atoms with Gasteiger partial charge in [0.15, 0.2) is 0 Å². The van der Waals surface area contributed by atoms with E-state index < -0.39 is 27.9 Å². The van der Waals surface area contributed by atoms with Gasteiger partial charge in [0.2, 0.25) is 15.9 Å². The normalized spacial score (nSPS) is 12.4. The number of primary amides is 1. The molecule has 0 fully saturated rings. The summed E-state index contributed by atoms with van der Waals surface area (Å²) >= 11 is 12.2. The molecule has 2 amide bonds. The molecule has 0 saturated carbocycles. The maximum Gasteiger partial charge on any atom is 0.252 e. The van der Waals surface area contributed by atoms with Gasteiger partial charge in [-0.3, -0.25) is 13.9 Å². The number of nitrogens with two attached hydrogens (primary N) is 1. The Balaban J connectivity index is 1.73. The molecule has 0 spiro atoms. The lowest BCUT2D eigenvalue weighted by atomic mass is 9.98. The molecule has 11 heteroatoms. The highest BCUT2D eigenvalue weighted by Crippen LogP contribution is 2.37. The van der Waals surface area contributed by atoms with Crippen molar-refractivity contribution in [1.29, 1.82) is 0 Å². The molecule has 3 N–H and O–H groups in total. The summed E-state index contributed by atoms with van der Waals surface area (Å²) in [4.78, 5) is 24.1. The number of sulfonamides is 1. The summed E-state index contributed by atoms with van der Waals surface area (Å²) in [6.45, 7) is 3.22. The summed E-state index contributed by atoms with van der Waals surface area (Å²) in [5.74, 6) is -1.22. The first-order valence-electron chi connectivity index (χ1n) is 11.9. The van der Waals surface area contributed by atoms with Crippen molar-refractivity contribution in [3.05, 3.63) is 111 Å². The van der Waals surface area contributed by atoms with Crippen LogP contribution >= 0.6 is 23.2 Å². The maximum absolute atomic E-state index is 13.0. The lowest BCUT2D eigenvalue weighted by Gasteiger charge is -2.36. The molecule has 0 aliphatic heterocycles. The van der Waals surface area contributed by atoms with Gasteiger partial charge in [-0.1, -0.05) is 59.9 Å². The van der Waals surface area contributed by atoms with Gasteiger partial charge in [-0.25, -0.2) is 8.42 Å². The number of aryl methyl sites for hydroxylation is 1. The average Bonchev–Trinajstić information content (AvgIpc) is 2.83. The number of anilines is 2. The number of hydrogen-bond acceptors (Lipinski definition) is 4. The van der Waals surface area contributed by atoms with Gasteiger partial charge < -0.3 is 15.6 Å². The number of hydrogen-bond donors (Lipinski definition) is 2.